The van der Waals surface area contributed by atoms with Gasteiger partial charge in [0, 0.05) is 5.54 Å². The molecule has 1 heterocycles. The molecule has 0 saturated carbocycles. The number of rotatable bonds is 5. The molecule has 0 spiro atoms. The SMILES string of the molecule is COC(=O)[C@@H]1CCCN1[C@@H](C(=O)NC(C)(C)C)C(C)NC(=O)OC(C)(C)C. The van der Waals surface area contributed by atoms with Crippen LogP contribution in [0.4, 0.5) is 4.79 Å². The summed E-state index contributed by atoms with van der Waals surface area (Å²) in [6, 6.07) is -1.79. The van der Waals surface area contributed by atoms with Gasteiger partial charge in [0.2, 0.25) is 5.91 Å². The van der Waals surface area contributed by atoms with Crippen LogP contribution in [0.15, 0.2) is 0 Å². The van der Waals surface area contributed by atoms with E-state index in [-0.39, 0.29) is 11.9 Å². The second kappa shape index (κ2) is 8.91. The molecule has 1 aliphatic heterocycles. The van der Waals surface area contributed by atoms with Crippen LogP contribution in [-0.4, -0.2) is 65.8 Å². The number of hydrogen-bond donors (Lipinski definition) is 2. The summed E-state index contributed by atoms with van der Waals surface area (Å²) in [4.78, 5) is 39.2. The molecule has 1 rings (SSSR count). The Bertz CT molecular complexity index is 551. The summed E-state index contributed by atoms with van der Waals surface area (Å²) in [6.45, 7) is 13.3. The van der Waals surface area contributed by atoms with E-state index in [1.165, 1.54) is 7.11 Å². The van der Waals surface area contributed by atoms with Gasteiger partial charge in [-0.25, -0.2) is 4.79 Å². The van der Waals surface area contributed by atoms with Gasteiger partial charge in [0.05, 0.1) is 13.2 Å². The van der Waals surface area contributed by atoms with Crippen molar-refractivity contribution in [1.29, 1.82) is 0 Å². The van der Waals surface area contributed by atoms with Gasteiger partial charge < -0.3 is 20.1 Å². The van der Waals surface area contributed by atoms with Crippen LogP contribution < -0.4 is 10.6 Å². The van der Waals surface area contributed by atoms with Crippen molar-refractivity contribution in [2.75, 3.05) is 13.7 Å². The monoisotopic (exact) mass is 385 g/mol. The van der Waals surface area contributed by atoms with Crippen LogP contribution in [0.5, 0.6) is 0 Å². The number of nitrogens with zero attached hydrogens (tertiary/aromatic N) is 1. The first-order chi connectivity index (χ1) is 12.2. The number of amides is 2. The van der Waals surface area contributed by atoms with E-state index in [1.54, 1.807) is 27.7 Å². The first kappa shape index (κ1) is 23.2. The van der Waals surface area contributed by atoms with Crippen LogP contribution in [0.3, 0.4) is 0 Å². The highest BCUT2D eigenvalue weighted by atomic mass is 16.6. The lowest BCUT2D eigenvalue weighted by Gasteiger charge is -2.36. The predicted octanol–water partition coefficient (Wildman–Crippen LogP) is 1.82. The van der Waals surface area contributed by atoms with E-state index >= 15 is 0 Å². The Balaban J connectivity index is 3.05. The summed E-state index contributed by atoms with van der Waals surface area (Å²) in [5, 5.41) is 5.69. The quantitative estimate of drug-likeness (QED) is 0.701. The van der Waals surface area contributed by atoms with Gasteiger partial charge in [-0.05, 0) is 67.9 Å². The lowest BCUT2D eigenvalue weighted by Crippen LogP contribution is -2.62. The zero-order chi connectivity index (χ0) is 21.0. The molecule has 156 valence electrons. The molecule has 8 nitrogen and oxygen atoms in total. The predicted molar refractivity (Wildman–Crippen MR) is 102 cm³/mol. The molecule has 1 aliphatic rings. The van der Waals surface area contributed by atoms with Gasteiger partial charge in [-0.2, -0.15) is 0 Å². The maximum atomic E-state index is 13.0. The zero-order valence-corrected chi connectivity index (χ0v) is 17.8. The average molecular weight is 386 g/mol. The first-order valence-corrected chi connectivity index (χ1v) is 9.40. The molecule has 0 aromatic rings. The number of likely N-dealkylation sites (tertiary alicyclic amines) is 1. The summed E-state index contributed by atoms with van der Waals surface area (Å²) in [7, 11) is 1.34. The summed E-state index contributed by atoms with van der Waals surface area (Å²) < 4.78 is 10.2. The summed E-state index contributed by atoms with van der Waals surface area (Å²) in [6.07, 6.45) is 0.793. The maximum Gasteiger partial charge on any atom is 0.407 e. The van der Waals surface area contributed by atoms with E-state index in [2.05, 4.69) is 10.6 Å². The van der Waals surface area contributed by atoms with Crippen molar-refractivity contribution in [1.82, 2.24) is 15.5 Å². The molecule has 3 atom stereocenters. The van der Waals surface area contributed by atoms with Gasteiger partial charge in [0.1, 0.15) is 17.7 Å². The van der Waals surface area contributed by atoms with Crippen molar-refractivity contribution >= 4 is 18.0 Å². The second-order valence-corrected chi connectivity index (χ2v) is 9.04. The van der Waals surface area contributed by atoms with Crippen LogP contribution in [0, 0.1) is 0 Å². The molecule has 27 heavy (non-hydrogen) atoms. The number of ether oxygens (including phenoxy) is 2. The minimum atomic E-state index is -0.719. The lowest BCUT2D eigenvalue weighted by atomic mass is 10.0. The third kappa shape index (κ3) is 7.36. The largest absolute Gasteiger partial charge is 0.468 e. The molecule has 2 amide bonds. The third-order valence-electron chi connectivity index (χ3n) is 4.11. The zero-order valence-electron chi connectivity index (χ0n) is 17.8. The van der Waals surface area contributed by atoms with E-state index in [0.717, 1.165) is 6.42 Å². The third-order valence-corrected chi connectivity index (χ3v) is 4.11. The molecule has 0 aromatic carbocycles. The average Bonchev–Trinajstić information content (AvgIpc) is 2.91. The van der Waals surface area contributed by atoms with E-state index in [1.807, 2.05) is 25.7 Å². The number of esters is 1. The van der Waals surface area contributed by atoms with E-state index in [0.29, 0.717) is 13.0 Å². The highest BCUT2D eigenvalue weighted by molar-refractivity contribution is 5.85. The fourth-order valence-electron chi connectivity index (χ4n) is 3.19. The molecule has 0 aliphatic carbocycles. The van der Waals surface area contributed by atoms with Gasteiger partial charge in [-0.15, -0.1) is 0 Å². The van der Waals surface area contributed by atoms with Gasteiger partial charge >= 0.3 is 12.1 Å². The number of alkyl carbamates (subject to hydrolysis) is 1. The fourth-order valence-corrected chi connectivity index (χ4v) is 3.19. The molecule has 1 fully saturated rings. The van der Waals surface area contributed by atoms with Crippen molar-refractivity contribution in [2.24, 2.45) is 0 Å². The second-order valence-electron chi connectivity index (χ2n) is 9.04. The van der Waals surface area contributed by atoms with Gasteiger partial charge in [0.15, 0.2) is 0 Å². The van der Waals surface area contributed by atoms with E-state index in [9.17, 15) is 14.4 Å². The molecule has 1 unspecified atom stereocenters. The Kier molecular flexibility index (Phi) is 7.66. The Morgan fingerprint density at radius 3 is 2.19 bits per heavy atom. The Labute approximate surface area is 162 Å². The minimum Gasteiger partial charge on any atom is -0.468 e. The van der Waals surface area contributed by atoms with Crippen molar-refractivity contribution in [3.8, 4) is 0 Å². The summed E-state index contributed by atoms with van der Waals surface area (Å²) >= 11 is 0. The Morgan fingerprint density at radius 2 is 1.70 bits per heavy atom. The number of carbonyl (C=O) groups is 3. The molecule has 2 N–H and O–H groups in total. The molecule has 0 bridgehead atoms. The molecule has 8 heteroatoms. The molecular formula is C19H35N3O5. The van der Waals surface area contributed by atoms with Gasteiger partial charge in [-0.1, -0.05) is 0 Å². The Hall–Kier alpha value is -1.83. The van der Waals surface area contributed by atoms with Gasteiger partial charge in [-0.3, -0.25) is 14.5 Å². The number of carbonyl (C=O) groups excluding carboxylic acids is 3. The standard InChI is InChI=1S/C19H35N3O5/c1-12(20-17(25)27-19(5,6)7)14(15(23)21-18(2,3)4)22-11-9-10-13(22)16(24)26-8/h12-14H,9-11H2,1-8H3,(H,20,25)(H,21,23)/t12?,13-,14+/m0/s1. The van der Waals surface area contributed by atoms with Crippen LogP contribution in [0.1, 0.15) is 61.3 Å². The molecule has 0 aromatic heterocycles. The number of hydrogen-bond acceptors (Lipinski definition) is 6. The normalized spacial score (nSPS) is 20.5. The molecular weight excluding hydrogens is 350 g/mol. The highest BCUT2D eigenvalue weighted by Gasteiger charge is 2.43. The topological polar surface area (TPSA) is 97.0 Å². The van der Waals surface area contributed by atoms with Gasteiger partial charge in [0.25, 0.3) is 0 Å². The Morgan fingerprint density at radius 1 is 1.11 bits per heavy atom. The van der Waals surface area contributed by atoms with Crippen LogP contribution in [-0.2, 0) is 19.1 Å². The number of nitrogens with one attached hydrogen (secondary N) is 2. The van der Waals surface area contributed by atoms with Crippen LogP contribution >= 0.6 is 0 Å². The molecule has 0 radical (unpaired) electrons. The van der Waals surface area contributed by atoms with Crippen molar-refractivity contribution < 1.29 is 23.9 Å². The van der Waals surface area contributed by atoms with Crippen molar-refractivity contribution in [3.05, 3.63) is 0 Å². The lowest BCUT2D eigenvalue weighted by molar-refractivity contribution is -0.148. The fraction of sp³-hybridized carbons (Fsp3) is 0.842. The number of methoxy groups -OCH3 is 1. The summed E-state index contributed by atoms with van der Waals surface area (Å²) in [5.41, 5.74) is -1.09. The van der Waals surface area contributed by atoms with E-state index in [4.69, 9.17) is 9.47 Å². The van der Waals surface area contributed by atoms with Crippen LogP contribution in [0.25, 0.3) is 0 Å². The maximum absolute atomic E-state index is 13.0. The summed E-state index contributed by atoms with van der Waals surface area (Å²) in [5.74, 6) is -0.618. The highest BCUT2D eigenvalue weighted by Crippen LogP contribution is 2.24. The smallest absolute Gasteiger partial charge is 0.407 e. The van der Waals surface area contributed by atoms with Crippen molar-refractivity contribution in [2.45, 2.75) is 90.6 Å². The minimum absolute atomic E-state index is 0.248. The van der Waals surface area contributed by atoms with Crippen LogP contribution in [0.2, 0.25) is 0 Å². The van der Waals surface area contributed by atoms with E-state index < -0.39 is 35.4 Å². The van der Waals surface area contributed by atoms with Crippen molar-refractivity contribution in [3.63, 3.8) is 0 Å². The molecule has 1 saturated heterocycles. The first-order valence-electron chi connectivity index (χ1n) is 9.40.